The summed E-state index contributed by atoms with van der Waals surface area (Å²) in [5.41, 5.74) is 6.57. The van der Waals surface area contributed by atoms with Crippen LogP contribution in [0.4, 0.5) is 10.2 Å². The van der Waals surface area contributed by atoms with Crippen LogP contribution >= 0.6 is 0 Å². The topological polar surface area (TPSA) is 65.1 Å². The predicted molar refractivity (Wildman–Crippen MR) is 86.8 cm³/mol. The van der Waals surface area contributed by atoms with Gasteiger partial charge in [-0.15, -0.1) is 0 Å². The molecular formula is C18H18FN2O2. The summed E-state index contributed by atoms with van der Waals surface area (Å²) in [5, 5.41) is 0. The molecule has 0 bridgehead atoms. The molecule has 2 aromatic rings. The molecule has 119 valence electrons. The number of carbonyl (C=O) groups excluding carboxylic acids is 1. The highest BCUT2D eigenvalue weighted by atomic mass is 19.1. The molecule has 1 atom stereocenters. The Balaban J connectivity index is 2.01. The van der Waals surface area contributed by atoms with Crippen LogP contribution in [-0.2, 0) is 0 Å². The molecule has 1 fully saturated rings. The minimum atomic E-state index is -0.405. The number of aromatic nitrogens is 1. The van der Waals surface area contributed by atoms with E-state index in [9.17, 15) is 14.0 Å². The average molecular weight is 313 g/mol. The van der Waals surface area contributed by atoms with Crippen molar-refractivity contribution in [1.82, 2.24) is 4.57 Å². The summed E-state index contributed by atoms with van der Waals surface area (Å²) in [7, 11) is 0. The summed E-state index contributed by atoms with van der Waals surface area (Å²) in [6.07, 6.45) is 5.84. The number of hydrogen-bond donors (Lipinski definition) is 1. The molecule has 0 aliphatic heterocycles. The van der Waals surface area contributed by atoms with E-state index < -0.39 is 5.82 Å². The number of rotatable bonds is 3. The predicted octanol–water partition coefficient (Wildman–Crippen LogP) is 3.12. The van der Waals surface area contributed by atoms with E-state index in [0.29, 0.717) is 5.56 Å². The first-order valence-corrected chi connectivity index (χ1v) is 7.71. The summed E-state index contributed by atoms with van der Waals surface area (Å²) < 4.78 is 14.5. The quantitative estimate of drug-likeness (QED) is 0.885. The van der Waals surface area contributed by atoms with E-state index in [1.807, 2.05) is 0 Å². The Kier molecular flexibility index (Phi) is 4.28. The molecule has 1 saturated carbocycles. The van der Waals surface area contributed by atoms with Crippen molar-refractivity contribution in [3.63, 3.8) is 0 Å². The second-order valence-electron chi connectivity index (χ2n) is 5.79. The van der Waals surface area contributed by atoms with Crippen molar-refractivity contribution in [3.05, 3.63) is 70.1 Å². The lowest BCUT2D eigenvalue weighted by molar-refractivity contribution is 0.103. The Bertz CT molecular complexity index is 775. The number of anilines is 1. The standard InChI is InChI=1S/C18H18FN2O2/c19-13-8-6-12(7-9-13)17(23)15-10-11-16(22)21(18(15)20)14-4-2-1-3-5-14/h2,6-11,14H,1,3-5,20H2/t14-/m0/s1. The van der Waals surface area contributed by atoms with Crippen LogP contribution in [0.25, 0.3) is 0 Å². The SMILES string of the molecule is Nc1c(C(=O)c2ccc(F)cc2)ccc(=O)n1[C@H]1C[CH]CCC1. The molecule has 1 aromatic carbocycles. The maximum atomic E-state index is 13.0. The lowest BCUT2D eigenvalue weighted by Gasteiger charge is -2.26. The molecule has 23 heavy (non-hydrogen) atoms. The maximum Gasteiger partial charge on any atom is 0.252 e. The highest BCUT2D eigenvalue weighted by Crippen LogP contribution is 2.29. The maximum absolute atomic E-state index is 13.0. The molecule has 0 spiro atoms. The molecule has 2 N–H and O–H groups in total. The summed E-state index contributed by atoms with van der Waals surface area (Å²) in [4.78, 5) is 24.8. The van der Waals surface area contributed by atoms with Crippen molar-refractivity contribution in [3.8, 4) is 0 Å². The smallest absolute Gasteiger partial charge is 0.252 e. The third-order valence-electron chi connectivity index (χ3n) is 4.27. The molecule has 1 aliphatic rings. The van der Waals surface area contributed by atoms with Crippen molar-refractivity contribution in [2.24, 2.45) is 0 Å². The van der Waals surface area contributed by atoms with Crippen LogP contribution in [0.2, 0.25) is 0 Å². The number of ketones is 1. The van der Waals surface area contributed by atoms with Gasteiger partial charge in [0.1, 0.15) is 11.6 Å². The van der Waals surface area contributed by atoms with E-state index in [1.165, 1.54) is 41.0 Å². The Morgan fingerprint density at radius 2 is 1.91 bits per heavy atom. The summed E-state index contributed by atoms with van der Waals surface area (Å²) in [6.45, 7) is 0. The third-order valence-corrected chi connectivity index (χ3v) is 4.27. The van der Waals surface area contributed by atoms with Gasteiger partial charge in [-0.2, -0.15) is 0 Å². The fourth-order valence-corrected chi connectivity index (χ4v) is 3.05. The first kappa shape index (κ1) is 15.5. The molecule has 5 heteroatoms. The lowest BCUT2D eigenvalue weighted by Crippen LogP contribution is -2.29. The molecular weight excluding hydrogens is 295 g/mol. The van der Waals surface area contributed by atoms with Gasteiger partial charge >= 0.3 is 0 Å². The Labute approximate surface area is 133 Å². The first-order valence-electron chi connectivity index (χ1n) is 7.71. The van der Waals surface area contributed by atoms with Crippen LogP contribution in [0.5, 0.6) is 0 Å². The molecule has 4 nitrogen and oxygen atoms in total. The number of hydrogen-bond acceptors (Lipinski definition) is 3. The third kappa shape index (κ3) is 3.04. The Morgan fingerprint density at radius 1 is 1.17 bits per heavy atom. The van der Waals surface area contributed by atoms with Gasteiger partial charge in [0.2, 0.25) is 0 Å². The minimum absolute atomic E-state index is 0.00258. The molecule has 1 aliphatic carbocycles. The van der Waals surface area contributed by atoms with Gasteiger partial charge in [0.25, 0.3) is 5.56 Å². The lowest BCUT2D eigenvalue weighted by atomic mass is 9.94. The number of benzene rings is 1. The van der Waals surface area contributed by atoms with E-state index in [2.05, 4.69) is 6.42 Å². The summed E-state index contributed by atoms with van der Waals surface area (Å²) >= 11 is 0. The molecule has 1 radical (unpaired) electrons. The molecule has 0 unspecified atom stereocenters. The Hall–Kier alpha value is -2.43. The largest absolute Gasteiger partial charge is 0.384 e. The van der Waals surface area contributed by atoms with Gasteiger partial charge in [-0.1, -0.05) is 12.8 Å². The molecule has 0 amide bonds. The number of pyridine rings is 1. The molecule has 1 heterocycles. The van der Waals surface area contributed by atoms with Crippen molar-refractivity contribution in [1.29, 1.82) is 0 Å². The van der Waals surface area contributed by atoms with Gasteiger partial charge in [0.15, 0.2) is 5.78 Å². The zero-order chi connectivity index (χ0) is 16.4. The van der Waals surface area contributed by atoms with Gasteiger partial charge < -0.3 is 5.73 Å². The molecule has 3 rings (SSSR count). The van der Waals surface area contributed by atoms with Crippen LogP contribution in [0.15, 0.2) is 41.2 Å². The van der Waals surface area contributed by atoms with Crippen molar-refractivity contribution < 1.29 is 9.18 Å². The van der Waals surface area contributed by atoms with Crippen molar-refractivity contribution in [2.75, 3.05) is 5.73 Å². The average Bonchev–Trinajstić information content (AvgIpc) is 2.56. The van der Waals surface area contributed by atoms with Crippen LogP contribution in [0.3, 0.4) is 0 Å². The van der Waals surface area contributed by atoms with E-state index in [-0.39, 0.29) is 28.8 Å². The second-order valence-corrected chi connectivity index (χ2v) is 5.79. The van der Waals surface area contributed by atoms with Crippen molar-refractivity contribution >= 4 is 11.6 Å². The monoisotopic (exact) mass is 313 g/mol. The number of nitrogens with zero attached hydrogens (tertiary/aromatic N) is 1. The molecule has 1 aromatic heterocycles. The van der Waals surface area contributed by atoms with Gasteiger partial charge in [-0.3, -0.25) is 14.2 Å². The van der Waals surface area contributed by atoms with E-state index >= 15 is 0 Å². The van der Waals surface area contributed by atoms with Gasteiger partial charge in [-0.25, -0.2) is 4.39 Å². The van der Waals surface area contributed by atoms with E-state index in [1.54, 1.807) is 0 Å². The first-order chi connectivity index (χ1) is 11.1. The van der Waals surface area contributed by atoms with E-state index in [0.717, 1.165) is 25.7 Å². The zero-order valence-corrected chi connectivity index (χ0v) is 12.7. The fourth-order valence-electron chi connectivity index (χ4n) is 3.05. The summed E-state index contributed by atoms with van der Waals surface area (Å²) in [6, 6.07) is 8.12. The van der Waals surface area contributed by atoms with Gasteiger partial charge in [-0.05, 0) is 49.6 Å². The fraction of sp³-hybridized carbons (Fsp3) is 0.278. The highest BCUT2D eigenvalue weighted by molar-refractivity contribution is 6.11. The zero-order valence-electron chi connectivity index (χ0n) is 12.7. The number of carbonyl (C=O) groups is 1. The number of nitrogen functional groups attached to an aromatic ring is 1. The van der Waals surface area contributed by atoms with Crippen LogP contribution in [-0.4, -0.2) is 10.4 Å². The van der Waals surface area contributed by atoms with Crippen LogP contribution in [0, 0.1) is 12.2 Å². The Morgan fingerprint density at radius 3 is 2.57 bits per heavy atom. The van der Waals surface area contributed by atoms with Crippen molar-refractivity contribution in [2.45, 2.75) is 31.7 Å². The summed E-state index contributed by atoms with van der Waals surface area (Å²) in [5.74, 6) is -0.527. The number of nitrogens with two attached hydrogens (primary N) is 1. The molecule has 0 saturated heterocycles. The number of halogens is 1. The van der Waals surface area contributed by atoms with Crippen LogP contribution in [0.1, 0.15) is 47.6 Å². The van der Waals surface area contributed by atoms with Gasteiger partial charge in [0.05, 0.1) is 5.56 Å². The van der Waals surface area contributed by atoms with Crippen LogP contribution < -0.4 is 11.3 Å². The van der Waals surface area contributed by atoms with Gasteiger partial charge in [0, 0.05) is 17.7 Å². The minimum Gasteiger partial charge on any atom is -0.384 e. The second kappa shape index (κ2) is 6.36. The van der Waals surface area contributed by atoms with E-state index in [4.69, 9.17) is 5.73 Å². The normalized spacial score (nSPS) is 15.5. The highest BCUT2D eigenvalue weighted by Gasteiger charge is 2.22.